The van der Waals surface area contributed by atoms with Crippen molar-refractivity contribution >= 4 is 22.4 Å². The molecule has 0 bridgehead atoms. The van der Waals surface area contributed by atoms with E-state index in [1.807, 2.05) is 30.3 Å². The number of ether oxygens (including phenoxy) is 2. The molecule has 0 saturated carbocycles. The molecule has 1 aliphatic heterocycles. The SMILES string of the molecule is O=C(Nc1ccc2c(c1)OCO2)c1nn(Cc2ccccc2)c(=O)c2ccccc12. The van der Waals surface area contributed by atoms with Crippen molar-refractivity contribution in [2.75, 3.05) is 12.1 Å². The number of benzene rings is 3. The molecule has 0 saturated heterocycles. The van der Waals surface area contributed by atoms with Gasteiger partial charge in [-0.1, -0.05) is 48.5 Å². The quantitative estimate of drug-likeness (QED) is 0.569. The second kappa shape index (κ2) is 7.36. The molecule has 3 aromatic carbocycles. The maximum Gasteiger partial charge on any atom is 0.276 e. The third-order valence-corrected chi connectivity index (χ3v) is 4.89. The topological polar surface area (TPSA) is 82.4 Å². The van der Waals surface area contributed by atoms with Crippen LogP contribution in [0.2, 0.25) is 0 Å². The molecule has 1 aromatic heterocycles. The Morgan fingerprint density at radius 1 is 0.933 bits per heavy atom. The minimum Gasteiger partial charge on any atom is -0.454 e. The summed E-state index contributed by atoms with van der Waals surface area (Å²) in [6, 6.07) is 21.7. The van der Waals surface area contributed by atoms with Crippen molar-refractivity contribution in [1.82, 2.24) is 9.78 Å². The van der Waals surface area contributed by atoms with Gasteiger partial charge in [0.25, 0.3) is 11.5 Å². The van der Waals surface area contributed by atoms with Crippen molar-refractivity contribution in [3.05, 3.63) is 94.4 Å². The first-order chi connectivity index (χ1) is 14.7. The Morgan fingerprint density at radius 3 is 2.50 bits per heavy atom. The van der Waals surface area contributed by atoms with Gasteiger partial charge >= 0.3 is 0 Å². The van der Waals surface area contributed by atoms with E-state index in [0.717, 1.165) is 5.56 Å². The zero-order valence-electron chi connectivity index (χ0n) is 15.9. The molecule has 0 aliphatic carbocycles. The van der Waals surface area contributed by atoms with Crippen molar-refractivity contribution in [2.45, 2.75) is 6.54 Å². The van der Waals surface area contributed by atoms with E-state index in [4.69, 9.17) is 9.47 Å². The highest BCUT2D eigenvalue weighted by Crippen LogP contribution is 2.34. The highest BCUT2D eigenvalue weighted by molar-refractivity contribution is 6.11. The fourth-order valence-electron chi connectivity index (χ4n) is 3.43. The minimum atomic E-state index is -0.410. The summed E-state index contributed by atoms with van der Waals surface area (Å²) in [5.41, 5.74) is 1.41. The second-order valence-electron chi connectivity index (χ2n) is 6.86. The molecule has 7 heteroatoms. The largest absolute Gasteiger partial charge is 0.454 e. The smallest absolute Gasteiger partial charge is 0.276 e. The third-order valence-electron chi connectivity index (χ3n) is 4.89. The van der Waals surface area contributed by atoms with E-state index < -0.39 is 5.91 Å². The maximum absolute atomic E-state index is 13.1. The molecule has 0 fully saturated rings. The molecule has 1 N–H and O–H groups in total. The van der Waals surface area contributed by atoms with Crippen LogP contribution in [0.4, 0.5) is 5.69 Å². The van der Waals surface area contributed by atoms with Crippen LogP contribution < -0.4 is 20.3 Å². The predicted octanol–water partition coefficient (Wildman–Crippen LogP) is 3.43. The molecule has 1 aliphatic rings. The van der Waals surface area contributed by atoms with Gasteiger partial charge < -0.3 is 14.8 Å². The highest BCUT2D eigenvalue weighted by Gasteiger charge is 2.19. The summed E-state index contributed by atoms with van der Waals surface area (Å²) in [5.74, 6) is 0.791. The van der Waals surface area contributed by atoms with Gasteiger partial charge in [-0.05, 0) is 23.8 Å². The first-order valence-electron chi connectivity index (χ1n) is 9.44. The average molecular weight is 399 g/mol. The van der Waals surface area contributed by atoms with Gasteiger partial charge in [0, 0.05) is 17.1 Å². The molecule has 7 nitrogen and oxygen atoms in total. The lowest BCUT2D eigenvalue weighted by molar-refractivity contribution is 0.102. The Hall–Kier alpha value is -4.13. The standard InChI is InChI=1S/C23H17N3O4/c27-22(24-16-10-11-19-20(12-16)30-14-29-19)21-17-8-4-5-9-18(17)23(28)26(25-21)13-15-6-2-1-3-7-15/h1-12H,13-14H2,(H,24,27). The fourth-order valence-corrected chi connectivity index (χ4v) is 3.43. The molecular weight excluding hydrogens is 382 g/mol. The van der Waals surface area contributed by atoms with Crippen LogP contribution in [0.3, 0.4) is 0 Å². The predicted molar refractivity (Wildman–Crippen MR) is 112 cm³/mol. The average Bonchev–Trinajstić information content (AvgIpc) is 3.24. The van der Waals surface area contributed by atoms with E-state index in [-0.39, 0.29) is 24.6 Å². The molecule has 4 aromatic rings. The summed E-state index contributed by atoms with van der Waals surface area (Å²) in [5, 5.41) is 8.19. The first-order valence-corrected chi connectivity index (χ1v) is 9.44. The molecule has 0 atom stereocenters. The number of anilines is 1. The zero-order valence-corrected chi connectivity index (χ0v) is 15.9. The lowest BCUT2D eigenvalue weighted by Gasteiger charge is -2.12. The Bertz CT molecular complexity index is 1320. The summed E-state index contributed by atoms with van der Waals surface area (Å²) >= 11 is 0. The van der Waals surface area contributed by atoms with Crippen molar-refractivity contribution in [3.63, 3.8) is 0 Å². The zero-order chi connectivity index (χ0) is 20.5. The van der Waals surface area contributed by atoms with Gasteiger partial charge in [-0.3, -0.25) is 9.59 Å². The van der Waals surface area contributed by atoms with Crippen molar-refractivity contribution in [2.24, 2.45) is 0 Å². The summed E-state index contributed by atoms with van der Waals surface area (Å²) in [4.78, 5) is 26.0. The summed E-state index contributed by atoms with van der Waals surface area (Å²) in [7, 11) is 0. The van der Waals surface area contributed by atoms with Crippen LogP contribution in [-0.4, -0.2) is 22.5 Å². The maximum atomic E-state index is 13.1. The van der Waals surface area contributed by atoms with Crippen LogP contribution in [-0.2, 0) is 6.54 Å². The van der Waals surface area contributed by atoms with Crippen LogP contribution >= 0.6 is 0 Å². The Morgan fingerprint density at radius 2 is 1.67 bits per heavy atom. The van der Waals surface area contributed by atoms with Gasteiger partial charge in [0.15, 0.2) is 17.2 Å². The molecule has 0 spiro atoms. The van der Waals surface area contributed by atoms with Crippen molar-refractivity contribution in [3.8, 4) is 11.5 Å². The molecule has 5 rings (SSSR count). The van der Waals surface area contributed by atoms with Crippen LogP contribution in [0.1, 0.15) is 16.1 Å². The van der Waals surface area contributed by atoms with Crippen LogP contribution in [0.15, 0.2) is 77.6 Å². The van der Waals surface area contributed by atoms with Gasteiger partial charge in [-0.15, -0.1) is 0 Å². The molecule has 2 heterocycles. The number of nitrogens with one attached hydrogen (secondary N) is 1. The van der Waals surface area contributed by atoms with Gasteiger partial charge in [0.1, 0.15) is 0 Å². The van der Waals surface area contributed by atoms with E-state index in [0.29, 0.717) is 28.0 Å². The highest BCUT2D eigenvalue weighted by atomic mass is 16.7. The monoisotopic (exact) mass is 399 g/mol. The fraction of sp³-hybridized carbons (Fsp3) is 0.0870. The number of amides is 1. The number of carbonyl (C=O) groups excluding carboxylic acids is 1. The molecule has 0 unspecified atom stereocenters. The van der Waals surface area contributed by atoms with E-state index in [1.165, 1.54) is 4.68 Å². The van der Waals surface area contributed by atoms with E-state index >= 15 is 0 Å². The number of fused-ring (bicyclic) bond motifs is 2. The van der Waals surface area contributed by atoms with E-state index in [2.05, 4.69) is 10.4 Å². The summed E-state index contributed by atoms with van der Waals surface area (Å²) in [6.07, 6.45) is 0. The van der Waals surface area contributed by atoms with Gasteiger partial charge in [-0.2, -0.15) is 5.10 Å². The summed E-state index contributed by atoms with van der Waals surface area (Å²) < 4.78 is 12.0. The van der Waals surface area contributed by atoms with Gasteiger partial charge in [0.2, 0.25) is 6.79 Å². The van der Waals surface area contributed by atoms with Crippen LogP contribution in [0.25, 0.3) is 10.8 Å². The normalized spacial score (nSPS) is 12.1. The number of rotatable bonds is 4. The van der Waals surface area contributed by atoms with Gasteiger partial charge in [-0.25, -0.2) is 4.68 Å². The molecule has 30 heavy (non-hydrogen) atoms. The van der Waals surface area contributed by atoms with E-state index in [9.17, 15) is 9.59 Å². The number of carbonyl (C=O) groups is 1. The molecular formula is C23H17N3O4. The minimum absolute atomic E-state index is 0.156. The summed E-state index contributed by atoms with van der Waals surface area (Å²) in [6.45, 7) is 0.429. The van der Waals surface area contributed by atoms with Crippen LogP contribution in [0.5, 0.6) is 11.5 Å². The Balaban J connectivity index is 1.55. The van der Waals surface area contributed by atoms with E-state index in [1.54, 1.807) is 42.5 Å². The molecule has 1 amide bonds. The molecule has 0 radical (unpaired) electrons. The van der Waals surface area contributed by atoms with Gasteiger partial charge in [0.05, 0.1) is 11.9 Å². The number of hydrogen-bond acceptors (Lipinski definition) is 5. The lowest BCUT2D eigenvalue weighted by atomic mass is 10.1. The number of hydrogen-bond donors (Lipinski definition) is 1. The Kier molecular flexibility index (Phi) is 4.40. The van der Waals surface area contributed by atoms with Crippen molar-refractivity contribution in [1.29, 1.82) is 0 Å². The number of aromatic nitrogens is 2. The Labute approximate surface area is 171 Å². The first kappa shape index (κ1) is 17.9. The molecule has 148 valence electrons. The van der Waals surface area contributed by atoms with Crippen LogP contribution in [0, 0.1) is 0 Å². The number of nitrogens with zero attached hydrogens (tertiary/aromatic N) is 2. The third kappa shape index (κ3) is 3.26. The lowest BCUT2D eigenvalue weighted by Crippen LogP contribution is -2.28. The second-order valence-corrected chi connectivity index (χ2v) is 6.86. The van der Waals surface area contributed by atoms with Crippen molar-refractivity contribution < 1.29 is 14.3 Å².